The van der Waals surface area contributed by atoms with Gasteiger partial charge in [0, 0.05) is 42.9 Å². The molecule has 7 heteroatoms. The summed E-state index contributed by atoms with van der Waals surface area (Å²) in [6.45, 7) is 0.677. The Morgan fingerprint density at radius 1 is 1.38 bits per heavy atom. The van der Waals surface area contributed by atoms with Crippen molar-refractivity contribution in [1.82, 2.24) is 9.71 Å². The van der Waals surface area contributed by atoms with Gasteiger partial charge in [0.2, 0.25) is 10.0 Å². The Morgan fingerprint density at radius 2 is 2.19 bits per heavy atom. The second-order valence-electron chi connectivity index (χ2n) is 4.75. The fourth-order valence-corrected chi connectivity index (χ4v) is 3.36. The molecule has 114 valence electrons. The number of hydrogen-bond acceptors (Lipinski definition) is 5. The van der Waals surface area contributed by atoms with Gasteiger partial charge in [-0.3, -0.25) is 4.98 Å². The van der Waals surface area contributed by atoms with Gasteiger partial charge in [-0.25, -0.2) is 13.1 Å². The lowest BCUT2D eigenvalue weighted by Gasteiger charge is -2.12. The van der Waals surface area contributed by atoms with E-state index in [1.165, 1.54) is 0 Å². The first-order valence-electron chi connectivity index (χ1n) is 6.61. The molecule has 0 aliphatic rings. The van der Waals surface area contributed by atoms with Crippen LogP contribution in [-0.4, -0.2) is 39.7 Å². The van der Waals surface area contributed by atoms with E-state index in [0.717, 1.165) is 5.39 Å². The molecule has 0 fully saturated rings. The standard InChI is InChI=1S/C14H19N3O3S/c1-20-10-12(15)5-8-17-21(18,19)14-4-2-3-11-9-16-7-6-13(11)14/h2-4,6-7,9,12,17H,5,8,10,15H2,1H3. The first-order valence-corrected chi connectivity index (χ1v) is 8.10. The minimum Gasteiger partial charge on any atom is -0.383 e. The molecule has 1 heterocycles. The van der Waals surface area contributed by atoms with Crippen molar-refractivity contribution in [2.24, 2.45) is 5.73 Å². The molecule has 1 aromatic heterocycles. The van der Waals surface area contributed by atoms with Gasteiger partial charge in [-0.05, 0) is 18.6 Å². The van der Waals surface area contributed by atoms with Crippen LogP contribution in [0.25, 0.3) is 10.8 Å². The van der Waals surface area contributed by atoms with Crippen LogP contribution in [0.5, 0.6) is 0 Å². The summed E-state index contributed by atoms with van der Waals surface area (Å²) >= 11 is 0. The van der Waals surface area contributed by atoms with Crippen molar-refractivity contribution in [3.63, 3.8) is 0 Å². The molecule has 3 N–H and O–H groups in total. The fraction of sp³-hybridized carbons (Fsp3) is 0.357. The van der Waals surface area contributed by atoms with E-state index in [-0.39, 0.29) is 17.5 Å². The number of hydrogen-bond donors (Lipinski definition) is 2. The molecule has 0 spiro atoms. The third-order valence-corrected chi connectivity index (χ3v) is 4.64. The highest BCUT2D eigenvalue weighted by Crippen LogP contribution is 2.21. The Labute approximate surface area is 124 Å². The Morgan fingerprint density at radius 3 is 2.95 bits per heavy atom. The monoisotopic (exact) mass is 309 g/mol. The van der Waals surface area contributed by atoms with Crippen molar-refractivity contribution in [3.05, 3.63) is 36.7 Å². The smallest absolute Gasteiger partial charge is 0.241 e. The zero-order valence-electron chi connectivity index (χ0n) is 11.8. The van der Waals surface area contributed by atoms with Crippen LogP contribution in [0.3, 0.4) is 0 Å². The number of ether oxygens (including phenoxy) is 1. The fourth-order valence-electron chi connectivity index (χ4n) is 2.08. The van der Waals surface area contributed by atoms with Crippen molar-refractivity contribution >= 4 is 20.8 Å². The molecule has 2 rings (SSSR count). The molecule has 0 saturated carbocycles. The molecule has 6 nitrogen and oxygen atoms in total. The third kappa shape index (κ3) is 3.98. The quantitative estimate of drug-likeness (QED) is 0.791. The predicted octanol–water partition coefficient (Wildman–Crippen LogP) is 0.877. The largest absolute Gasteiger partial charge is 0.383 e. The second kappa shape index (κ2) is 6.95. The molecule has 1 aromatic carbocycles. The Hall–Kier alpha value is -1.54. The summed E-state index contributed by atoms with van der Waals surface area (Å²) in [5.41, 5.74) is 5.77. The number of benzene rings is 1. The third-order valence-electron chi connectivity index (χ3n) is 3.12. The van der Waals surface area contributed by atoms with E-state index in [9.17, 15) is 8.42 Å². The minimum absolute atomic E-state index is 0.186. The van der Waals surface area contributed by atoms with Gasteiger partial charge < -0.3 is 10.5 Å². The molecule has 0 bridgehead atoms. The highest BCUT2D eigenvalue weighted by atomic mass is 32.2. The van der Waals surface area contributed by atoms with Crippen LogP contribution in [0.4, 0.5) is 0 Å². The number of fused-ring (bicyclic) bond motifs is 1. The SMILES string of the molecule is COCC(N)CCNS(=O)(=O)c1cccc2cnccc12. The van der Waals surface area contributed by atoms with Crippen LogP contribution < -0.4 is 10.5 Å². The van der Waals surface area contributed by atoms with E-state index in [0.29, 0.717) is 18.4 Å². The molecule has 1 unspecified atom stereocenters. The number of aromatic nitrogens is 1. The molecule has 0 aliphatic carbocycles. The van der Waals surface area contributed by atoms with Gasteiger partial charge in [0.1, 0.15) is 0 Å². The summed E-state index contributed by atoms with van der Waals surface area (Å²) in [6, 6.07) is 6.63. The normalized spacial score (nSPS) is 13.4. The minimum atomic E-state index is -3.57. The Bertz CT molecular complexity index is 698. The van der Waals surface area contributed by atoms with Gasteiger partial charge in [0.25, 0.3) is 0 Å². The number of pyridine rings is 1. The first-order chi connectivity index (χ1) is 10.0. The summed E-state index contributed by atoms with van der Waals surface area (Å²) in [6.07, 6.45) is 3.73. The highest BCUT2D eigenvalue weighted by molar-refractivity contribution is 7.89. The molecule has 2 aromatic rings. The van der Waals surface area contributed by atoms with Gasteiger partial charge in [-0.15, -0.1) is 0 Å². The zero-order valence-corrected chi connectivity index (χ0v) is 12.6. The van der Waals surface area contributed by atoms with Crippen LogP contribution >= 0.6 is 0 Å². The first kappa shape index (κ1) is 15.8. The maximum atomic E-state index is 12.4. The zero-order chi connectivity index (χ0) is 15.3. The van der Waals surface area contributed by atoms with E-state index in [2.05, 4.69) is 9.71 Å². The van der Waals surface area contributed by atoms with E-state index >= 15 is 0 Å². The maximum absolute atomic E-state index is 12.4. The topological polar surface area (TPSA) is 94.3 Å². The number of nitrogens with one attached hydrogen (secondary N) is 1. The van der Waals surface area contributed by atoms with Crippen LogP contribution in [0.15, 0.2) is 41.6 Å². The Kier molecular flexibility index (Phi) is 5.24. The summed E-state index contributed by atoms with van der Waals surface area (Å²) in [7, 11) is -2.01. The van der Waals surface area contributed by atoms with Crippen LogP contribution in [0, 0.1) is 0 Å². The summed E-state index contributed by atoms with van der Waals surface area (Å²) in [5, 5.41) is 1.44. The number of sulfonamides is 1. The molecule has 0 aliphatic heterocycles. The molecule has 0 amide bonds. The second-order valence-corrected chi connectivity index (χ2v) is 6.49. The van der Waals surface area contributed by atoms with Gasteiger partial charge in [0.15, 0.2) is 0 Å². The van der Waals surface area contributed by atoms with Gasteiger partial charge in [-0.1, -0.05) is 12.1 Å². The van der Waals surface area contributed by atoms with Crippen LogP contribution in [-0.2, 0) is 14.8 Å². The van der Waals surface area contributed by atoms with Crippen molar-refractivity contribution in [1.29, 1.82) is 0 Å². The number of nitrogens with zero attached hydrogens (tertiary/aromatic N) is 1. The average molecular weight is 309 g/mol. The lowest BCUT2D eigenvalue weighted by molar-refractivity contribution is 0.177. The predicted molar refractivity (Wildman–Crippen MR) is 81.4 cm³/mol. The average Bonchev–Trinajstić information content (AvgIpc) is 2.46. The molecule has 21 heavy (non-hydrogen) atoms. The molecular formula is C14H19N3O3S. The molecule has 0 radical (unpaired) electrons. The molecular weight excluding hydrogens is 290 g/mol. The van der Waals surface area contributed by atoms with Gasteiger partial charge in [-0.2, -0.15) is 0 Å². The van der Waals surface area contributed by atoms with Crippen molar-refractivity contribution in [2.45, 2.75) is 17.4 Å². The lowest BCUT2D eigenvalue weighted by Crippen LogP contribution is -2.33. The van der Waals surface area contributed by atoms with Crippen molar-refractivity contribution < 1.29 is 13.2 Å². The number of nitrogens with two attached hydrogens (primary N) is 1. The maximum Gasteiger partial charge on any atom is 0.241 e. The van der Waals surface area contributed by atoms with Crippen molar-refractivity contribution in [2.75, 3.05) is 20.3 Å². The van der Waals surface area contributed by atoms with Gasteiger partial charge >= 0.3 is 0 Å². The summed E-state index contributed by atoms with van der Waals surface area (Å²) in [5.74, 6) is 0. The van der Waals surface area contributed by atoms with E-state index < -0.39 is 10.0 Å². The van der Waals surface area contributed by atoms with Gasteiger partial charge in [0.05, 0.1) is 11.5 Å². The summed E-state index contributed by atoms with van der Waals surface area (Å²) in [4.78, 5) is 4.25. The Balaban J connectivity index is 2.15. The van der Waals surface area contributed by atoms with Crippen molar-refractivity contribution in [3.8, 4) is 0 Å². The highest BCUT2D eigenvalue weighted by Gasteiger charge is 2.17. The summed E-state index contributed by atoms with van der Waals surface area (Å²) < 4.78 is 32.3. The van der Waals surface area contributed by atoms with Crippen LogP contribution in [0.1, 0.15) is 6.42 Å². The number of rotatable bonds is 7. The molecule has 0 saturated heterocycles. The number of methoxy groups -OCH3 is 1. The van der Waals surface area contributed by atoms with E-state index in [1.54, 1.807) is 37.7 Å². The van der Waals surface area contributed by atoms with E-state index in [4.69, 9.17) is 10.5 Å². The lowest BCUT2D eigenvalue weighted by atomic mass is 10.2. The van der Waals surface area contributed by atoms with E-state index in [1.807, 2.05) is 6.07 Å². The molecule has 1 atom stereocenters. The van der Waals surface area contributed by atoms with Crippen LogP contribution in [0.2, 0.25) is 0 Å².